The van der Waals surface area contributed by atoms with Gasteiger partial charge in [0, 0.05) is 17.9 Å². The second-order valence-electron chi connectivity index (χ2n) is 4.90. The molecule has 0 atom stereocenters. The smallest absolute Gasteiger partial charge is 0.175 e. The van der Waals surface area contributed by atoms with Crippen molar-refractivity contribution in [3.05, 3.63) is 65.8 Å². The van der Waals surface area contributed by atoms with Gasteiger partial charge in [0.05, 0.1) is 16.3 Å². The van der Waals surface area contributed by atoms with Crippen LogP contribution in [0.25, 0.3) is 16.9 Å². The summed E-state index contributed by atoms with van der Waals surface area (Å²) < 4.78 is 24.8. The molecule has 3 aromatic rings. The third kappa shape index (κ3) is 2.91. The van der Waals surface area contributed by atoms with Crippen molar-refractivity contribution in [2.75, 3.05) is 6.26 Å². The van der Waals surface area contributed by atoms with Crippen molar-refractivity contribution in [3.8, 4) is 16.9 Å². The van der Waals surface area contributed by atoms with Crippen LogP contribution < -0.4 is 0 Å². The van der Waals surface area contributed by atoms with Crippen LogP contribution in [0, 0.1) is 0 Å². The number of benzene rings is 2. The molecule has 1 heterocycles. The van der Waals surface area contributed by atoms with E-state index < -0.39 is 9.84 Å². The van der Waals surface area contributed by atoms with E-state index in [9.17, 15) is 8.42 Å². The number of sulfone groups is 1. The van der Waals surface area contributed by atoms with Crippen molar-refractivity contribution in [2.45, 2.75) is 4.90 Å². The van der Waals surface area contributed by atoms with E-state index in [4.69, 9.17) is 11.6 Å². The number of hydrogen-bond acceptors (Lipinski definition) is 3. The van der Waals surface area contributed by atoms with Crippen LogP contribution in [0.15, 0.2) is 65.6 Å². The number of halogens is 1. The maximum absolute atomic E-state index is 11.5. The predicted molar refractivity (Wildman–Crippen MR) is 87.1 cm³/mol. The van der Waals surface area contributed by atoms with Crippen molar-refractivity contribution in [1.29, 1.82) is 0 Å². The maximum atomic E-state index is 11.5. The molecular weight excluding hydrogens is 320 g/mol. The third-order valence-corrected chi connectivity index (χ3v) is 4.57. The fourth-order valence-corrected chi connectivity index (χ4v) is 3.01. The molecule has 3 rings (SSSR count). The van der Waals surface area contributed by atoms with E-state index >= 15 is 0 Å². The first-order valence-electron chi connectivity index (χ1n) is 6.56. The van der Waals surface area contributed by atoms with Gasteiger partial charge in [-0.1, -0.05) is 41.9 Å². The van der Waals surface area contributed by atoms with E-state index in [0.717, 1.165) is 16.9 Å². The fourth-order valence-electron chi connectivity index (χ4n) is 2.20. The Morgan fingerprint density at radius 1 is 1.00 bits per heavy atom. The first-order valence-corrected chi connectivity index (χ1v) is 8.83. The van der Waals surface area contributed by atoms with Crippen LogP contribution in [0.1, 0.15) is 0 Å². The molecular formula is C16H13ClN2O2S. The molecule has 22 heavy (non-hydrogen) atoms. The van der Waals surface area contributed by atoms with E-state index in [1.165, 1.54) is 6.26 Å². The average molecular weight is 333 g/mol. The molecule has 0 spiro atoms. The first-order chi connectivity index (χ1) is 10.4. The van der Waals surface area contributed by atoms with Gasteiger partial charge < -0.3 is 0 Å². The van der Waals surface area contributed by atoms with Gasteiger partial charge in [-0.2, -0.15) is 5.10 Å². The molecule has 0 unspecified atom stereocenters. The minimum Gasteiger partial charge on any atom is -0.232 e. The van der Waals surface area contributed by atoms with Gasteiger partial charge in [-0.05, 0) is 24.3 Å². The molecule has 2 aromatic carbocycles. The number of para-hydroxylation sites is 1. The molecule has 0 saturated heterocycles. The van der Waals surface area contributed by atoms with Gasteiger partial charge in [0.15, 0.2) is 15.0 Å². The highest BCUT2D eigenvalue weighted by molar-refractivity contribution is 7.90. The largest absolute Gasteiger partial charge is 0.232 e. The van der Waals surface area contributed by atoms with Gasteiger partial charge in [0.2, 0.25) is 0 Å². The Kier molecular flexibility index (Phi) is 3.76. The number of rotatable bonds is 3. The highest BCUT2D eigenvalue weighted by atomic mass is 35.5. The highest BCUT2D eigenvalue weighted by Crippen LogP contribution is 2.26. The zero-order valence-corrected chi connectivity index (χ0v) is 13.3. The van der Waals surface area contributed by atoms with E-state index in [1.807, 2.05) is 30.3 Å². The molecule has 112 valence electrons. The Hall–Kier alpha value is -2.11. The summed E-state index contributed by atoms with van der Waals surface area (Å²) >= 11 is 6.04. The van der Waals surface area contributed by atoms with Crippen LogP contribution in [0.5, 0.6) is 0 Å². The zero-order chi connectivity index (χ0) is 15.7. The van der Waals surface area contributed by atoms with E-state index in [1.54, 1.807) is 35.0 Å². The van der Waals surface area contributed by atoms with E-state index in [-0.39, 0.29) is 4.90 Å². The molecule has 0 aliphatic rings. The van der Waals surface area contributed by atoms with Gasteiger partial charge in [-0.25, -0.2) is 13.1 Å². The van der Waals surface area contributed by atoms with Crippen LogP contribution in [-0.2, 0) is 9.84 Å². The van der Waals surface area contributed by atoms with Gasteiger partial charge in [0.25, 0.3) is 0 Å². The lowest BCUT2D eigenvalue weighted by atomic mass is 10.1. The molecule has 1 aromatic heterocycles. The Morgan fingerprint density at radius 2 is 1.64 bits per heavy atom. The Bertz CT molecular complexity index is 901. The summed E-state index contributed by atoms with van der Waals surface area (Å²) in [5.74, 6) is 0. The van der Waals surface area contributed by atoms with Crippen molar-refractivity contribution < 1.29 is 8.42 Å². The number of aromatic nitrogens is 2. The lowest BCUT2D eigenvalue weighted by Crippen LogP contribution is -1.99. The molecule has 4 nitrogen and oxygen atoms in total. The van der Waals surface area contributed by atoms with Crippen LogP contribution in [-0.4, -0.2) is 24.5 Å². The summed E-state index contributed by atoms with van der Waals surface area (Å²) in [6.45, 7) is 0. The van der Waals surface area contributed by atoms with Gasteiger partial charge in [0.1, 0.15) is 0 Å². The Labute approximate surface area is 133 Å². The molecule has 0 N–H and O–H groups in total. The van der Waals surface area contributed by atoms with E-state index in [0.29, 0.717) is 5.15 Å². The molecule has 0 amide bonds. The minimum atomic E-state index is -3.21. The Morgan fingerprint density at radius 3 is 2.23 bits per heavy atom. The molecule has 0 fully saturated rings. The number of nitrogens with zero attached hydrogens (tertiary/aromatic N) is 2. The summed E-state index contributed by atoms with van der Waals surface area (Å²) in [4.78, 5) is 0.285. The van der Waals surface area contributed by atoms with E-state index in [2.05, 4.69) is 5.10 Å². The lowest BCUT2D eigenvalue weighted by molar-refractivity contribution is 0.602. The van der Waals surface area contributed by atoms with Crippen LogP contribution in [0.3, 0.4) is 0 Å². The number of hydrogen-bond donors (Lipinski definition) is 0. The van der Waals surface area contributed by atoms with Crippen molar-refractivity contribution in [1.82, 2.24) is 9.78 Å². The summed E-state index contributed by atoms with van der Waals surface area (Å²) in [7, 11) is -3.21. The molecule has 0 aliphatic carbocycles. The summed E-state index contributed by atoms with van der Waals surface area (Å²) in [6, 6.07) is 18.0. The van der Waals surface area contributed by atoms with Crippen molar-refractivity contribution >= 4 is 21.4 Å². The normalized spacial score (nSPS) is 11.5. The molecule has 0 radical (unpaired) electrons. The maximum Gasteiger partial charge on any atom is 0.175 e. The molecule has 0 saturated carbocycles. The summed E-state index contributed by atoms with van der Waals surface area (Å²) in [5, 5.41) is 4.67. The van der Waals surface area contributed by atoms with Gasteiger partial charge in [-0.3, -0.25) is 0 Å². The molecule has 6 heteroatoms. The fraction of sp³-hybridized carbons (Fsp3) is 0.0625. The van der Waals surface area contributed by atoms with Gasteiger partial charge in [-0.15, -0.1) is 0 Å². The monoisotopic (exact) mass is 332 g/mol. The topological polar surface area (TPSA) is 52.0 Å². The average Bonchev–Trinajstić information content (AvgIpc) is 2.89. The summed E-state index contributed by atoms with van der Waals surface area (Å²) in [5.41, 5.74) is 2.53. The zero-order valence-electron chi connectivity index (χ0n) is 11.8. The standard InChI is InChI=1S/C16H13ClN2O2S/c1-22(20,21)14-9-7-12(8-10-14)15-11-16(17)18-19(15)13-5-3-2-4-6-13/h2-11H,1H3. The van der Waals surface area contributed by atoms with Crippen molar-refractivity contribution in [2.24, 2.45) is 0 Å². The second kappa shape index (κ2) is 5.59. The first kappa shape index (κ1) is 14.8. The quantitative estimate of drug-likeness (QED) is 0.736. The second-order valence-corrected chi connectivity index (χ2v) is 7.30. The predicted octanol–water partition coefficient (Wildman–Crippen LogP) is 3.60. The Balaban J connectivity index is 2.10. The highest BCUT2D eigenvalue weighted by Gasteiger charge is 2.12. The van der Waals surface area contributed by atoms with Crippen molar-refractivity contribution in [3.63, 3.8) is 0 Å². The third-order valence-electron chi connectivity index (χ3n) is 3.26. The lowest BCUT2D eigenvalue weighted by Gasteiger charge is -2.08. The summed E-state index contributed by atoms with van der Waals surface area (Å²) in [6.07, 6.45) is 1.19. The SMILES string of the molecule is CS(=O)(=O)c1ccc(-c2cc(Cl)nn2-c2ccccc2)cc1. The van der Waals surface area contributed by atoms with Gasteiger partial charge >= 0.3 is 0 Å². The molecule has 0 aliphatic heterocycles. The minimum absolute atomic E-state index is 0.285. The van der Waals surface area contributed by atoms with Crippen LogP contribution in [0.4, 0.5) is 0 Å². The molecule has 0 bridgehead atoms. The van der Waals surface area contributed by atoms with Crippen LogP contribution in [0.2, 0.25) is 5.15 Å². The van der Waals surface area contributed by atoms with Crippen LogP contribution >= 0.6 is 11.6 Å².